The molecule has 3 heterocycles. The third-order valence-corrected chi connectivity index (χ3v) is 11.1. The minimum Gasteiger partial charge on any atom is -0.455 e. The van der Waals surface area contributed by atoms with E-state index in [4.69, 9.17) is 19.4 Å². The normalized spacial score (nSPS) is 13.2. The van der Waals surface area contributed by atoms with E-state index in [0.29, 0.717) is 17.5 Å². The lowest BCUT2D eigenvalue weighted by atomic mass is 9.82. The van der Waals surface area contributed by atoms with Crippen molar-refractivity contribution >= 4 is 43.7 Å². The van der Waals surface area contributed by atoms with Gasteiger partial charge < -0.3 is 8.98 Å². The van der Waals surface area contributed by atoms with Crippen LogP contribution in [0.2, 0.25) is 0 Å². The Morgan fingerprint density at radius 1 is 0.472 bits per heavy atom. The minimum absolute atomic E-state index is 0.117. The number of para-hydroxylation sites is 1. The molecular formula is C48H32N4O. The molecule has 0 spiro atoms. The predicted octanol–water partition coefficient (Wildman–Crippen LogP) is 12.2. The Labute approximate surface area is 305 Å². The van der Waals surface area contributed by atoms with E-state index in [-0.39, 0.29) is 5.41 Å². The highest BCUT2D eigenvalue weighted by Crippen LogP contribution is 2.53. The molecule has 53 heavy (non-hydrogen) atoms. The monoisotopic (exact) mass is 680 g/mol. The highest BCUT2D eigenvalue weighted by Gasteiger charge is 2.37. The summed E-state index contributed by atoms with van der Waals surface area (Å²) in [6.45, 7) is 4.62. The molecule has 0 saturated heterocycles. The molecule has 1 aliphatic rings. The highest BCUT2D eigenvalue weighted by atomic mass is 16.3. The summed E-state index contributed by atoms with van der Waals surface area (Å²) < 4.78 is 9.50. The molecule has 0 saturated carbocycles. The van der Waals surface area contributed by atoms with Crippen LogP contribution in [0, 0.1) is 0 Å². The smallest absolute Gasteiger partial charge is 0.164 e. The van der Waals surface area contributed by atoms with Gasteiger partial charge in [-0.05, 0) is 59.2 Å². The molecule has 0 atom stereocenters. The zero-order chi connectivity index (χ0) is 35.3. The maximum absolute atomic E-state index is 7.16. The first-order valence-corrected chi connectivity index (χ1v) is 18.0. The molecule has 11 rings (SSSR count). The second kappa shape index (κ2) is 11.1. The second-order valence-electron chi connectivity index (χ2n) is 14.4. The van der Waals surface area contributed by atoms with Gasteiger partial charge in [-0.2, -0.15) is 0 Å². The van der Waals surface area contributed by atoms with E-state index in [1.807, 2.05) is 60.7 Å². The summed E-state index contributed by atoms with van der Waals surface area (Å²) in [5.41, 5.74) is 12.8. The van der Waals surface area contributed by atoms with Crippen molar-refractivity contribution in [2.75, 3.05) is 0 Å². The first kappa shape index (κ1) is 29.8. The van der Waals surface area contributed by atoms with Gasteiger partial charge in [0.1, 0.15) is 11.2 Å². The van der Waals surface area contributed by atoms with Crippen molar-refractivity contribution in [3.63, 3.8) is 0 Å². The largest absolute Gasteiger partial charge is 0.455 e. The Hall–Kier alpha value is -6.85. The topological polar surface area (TPSA) is 56.7 Å². The Morgan fingerprint density at radius 2 is 1.04 bits per heavy atom. The minimum atomic E-state index is -0.117. The lowest BCUT2D eigenvalue weighted by Gasteiger charge is -2.21. The van der Waals surface area contributed by atoms with Gasteiger partial charge in [0.15, 0.2) is 17.5 Å². The summed E-state index contributed by atoms with van der Waals surface area (Å²) in [4.78, 5) is 15.1. The van der Waals surface area contributed by atoms with E-state index in [1.165, 1.54) is 22.3 Å². The molecule has 7 aromatic carbocycles. The molecule has 1 aliphatic carbocycles. The number of aromatic nitrogens is 4. The summed E-state index contributed by atoms with van der Waals surface area (Å²) in [5.74, 6) is 1.89. The quantitative estimate of drug-likeness (QED) is 0.186. The fourth-order valence-electron chi connectivity index (χ4n) is 8.51. The van der Waals surface area contributed by atoms with Gasteiger partial charge >= 0.3 is 0 Å². The van der Waals surface area contributed by atoms with Gasteiger partial charge in [0.2, 0.25) is 0 Å². The number of furan rings is 1. The van der Waals surface area contributed by atoms with Crippen LogP contribution < -0.4 is 0 Å². The third kappa shape index (κ3) is 4.34. The van der Waals surface area contributed by atoms with Gasteiger partial charge in [-0.25, -0.2) is 15.0 Å². The van der Waals surface area contributed by atoms with Crippen molar-refractivity contribution in [1.82, 2.24) is 19.5 Å². The predicted molar refractivity (Wildman–Crippen MR) is 215 cm³/mol. The fraction of sp³-hybridized carbons (Fsp3) is 0.0625. The van der Waals surface area contributed by atoms with Crippen molar-refractivity contribution in [2.24, 2.45) is 0 Å². The van der Waals surface area contributed by atoms with E-state index in [1.54, 1.807) is 0 Å². The van der Waals surface area contributed by atoms with Crippen LogP contribution in [0.25, 0.3) is 94.7 Å². The van der Waals surface area contributed by atoms with Crippen LogP contribution in [0.4, 0.5) is 0 Å². The molecule has 0 aliphatic heterocycles. The van der Waals surface area contributed by atoms with E-state index in [0.717, 1.165) is 66.1 Å². The maximum Gasteiger partial charge on any atom is 0.164 e. The molecule has 0 radical (unpaired) electrons. The van der Waals surface area contributed by atoms with Crippen LogP contribution in [0.1, 0.15) is 25.0 Å². The lowest BCUT2D eigenvalue weighted by molar-refractivity contribution is 0.654. The first-order valence-electron chi connectivity index (χ1n) is 18.0. The molecule has 0 bridgehead atoms. The van der Waals surface area contributed by atoms with E-state index in [2.05, 4.69) is 115 Å². The SMILES string of the molecule is CC1(C)c2ccccc2-c2c1ccc1c2oc2c1ccc1c2c2cc(-c3nc(-c4ccccc4)nc(-c4ccccc4)n3)ccc2n1-c1ccccc1. The molecule has 250 valence electrons. The van der Waals surface area contributed by atoms with Crippen molar-refractivity contribution in [1.29, 1.82) is 0 Å². The van der Waals surface area contributed by atoms with Gasteiger partial charge in [0, 0.05) is 49.5 Å². The van der Waals surface area contributed by atoms with Crippen molar-refractivity contribution in [3.8, 4) is 51.0 Å². The van der Waals surface area contributed by atoms with Crippen molar-refractivity contribution in [3.05, 3.63) is 169 Å². The number of hydrogen-bond acceptors (Lipinski definition) is 4. The molecule has 0 unspecified atom stereocenters. The molecule has 10 aromatic rings. The summed E-state index contributed by atoms with van der Waals surface area (Å²) >= 11 is 0. The summed E-state index contributed by atoms with van der Waals surface area (Å²) in [7, 11) is 0. The third-order valence-electron chi connectivity index (χ3n) is 11.1. The Balaban J connectivity index is 1.22. The Morgan fingerprint density at radius 3 is 1.74 bits per heavy atom. The van der Waals surface area contributed by atoms with Crippen LogP contribution in [-0.2, 0) is 5.41 Å². The Kier molecular flexibility index (Phi) is 6.23. The van der Waals surface area contributed by atoms with Gasteiger partial charge in [-0.1, -0.05) is 129 Å². The highest BCUT2D eigenvalue weighted by molar-refractivity contribution is 6.25. The van der Waals surface area contributed by atoms with E-state index in [9.17, 15) is 0 Å². The zero-order valence-electron chi connectivity index (χ0n) is 29.2. The van der Waals surface area contributed by atoms with E-state index < -0.39 is 0 Å². The van der Waals surface area contributed by atoms with E-state index >= 15 is 0 Å². The van der Waals surface area contributed by atoms with Gasteiger partial charge in [0.25, 0.3) is 0 Å². The molecule has 0 N–H and O–H groups in total. The molecule has 3 aromatic heterocycles. The standard InChI is InChI=1S/C48H32N4O/c1-48(2)37-21-13-12-20-35(37)41-38(48)25-23-33-34-24-27-40-42(44(34)53-43(33)41)36-28-31(22-26-39(36)52(40)32-18-10-5-11-19-32)47-50-45(29-14-6-3-7-15-29)49-46(51-47)30-16-8-4-9-17-30/h3-28H,1-2H3. The fourth-order valence-corrected chi connectivity index (χ4v) is 8.51. The summed E-state index contributed by atoms with van der Waals surface area (Å²) in [6, 6.07) is 55.1. The van der Waals surface area contributed by atoms with Gasteiger partial charge in [-0.3, -0.25) is 0 Å². The molecular weight excluding hydrogens is 649 g/mol. The van der Waals surface area contributed by atoms with Crippen LogP contribution in [-0.4, -0.2) is 19.5 Å². The van der Waals surface area contributed by atoms with Crippen LogP contribution >= 0.6 is 0 Å². The lowest BCUT2D eigenvalue weighted by Crippen LogP contribution is -2.14. The summed E-state index contributed by atoms with van der Waals surface area (Å²) in [5, 5.41) is 4.38. The number of hydrogen-bond donors (Lipinski definition) is 0. The van der Waals surface area contributed by atoms with Crippen molar-refractivity contribution in [2.45, 2.75) is 19.3 Å². The average Bonchev–Trinajstić information content (AvgIpc) is 3.84. The molecule has 5 nitrogen and oxygen atoms in total. The van der Waals surface area contributed by atoms with Crippen LogP contribution in [0.15, 0.2) is 162 Å². The molecule has 0 amide bonds. The number of fused-ring (bicyclic) bond motifs is 11. The number of benzene rings is 7. The average molecular weight is 681 g/mol. The second-order valence-corrected chi connectivity index (χ2v) is 14.4. The summed E-state index contributed by atoms with van der Waals surface area (Å²) in [6.07, 6.45) is 0. The Bertz CT molecular complexity index is 3010. The number of rotatable bonds is 4. The van der Waals surface area contributed by atoms with Gasteiger partial charge in [0.05, 0.1) is 16.4 Å². The van der Waals surface area contributed by atoms with Crippen LogP contribution in [0.3, 0.4) is 0 Å². The van der Waals surface area contributed by atoms with Crippen molar-refractivity contribution < 1.29 is 4.42 Å². The van der Waals surface area contributed by atoms with Gasteiger partial charge in [-0.15, -0.1) is 0 Å². The number of nitrogens with zero attached hydrogens (tertiary/aromatic N) is 4. The first-order chi connectivity index (χ1) is 26.0. The molecule has 5 heteroatoms. The zero-order valence-corrected chi connectivity index (χ0v) is 29.2. The molecule has 0 fully saturated rings. The maximum atomic E-state index is 7.16. The van der Waals surface area contributed by atoms with Crippen LogP contribution in [0.5, 0.6) is 0 Å².